The number of pyridine rings is 1. The molecule has 0 unspecified atom stereocenters. The Labute approximate surface area is 260 Å². The molecule has 0 saturated carbocycles. The molecular weight excluding hydrogens is 570 g/mol. The third kappa shape index (κ3) is 6.58. The molecule has 3 N–H and O–H groups in total. The molecule has 0 aliphatic heterocycles. The van der Waals surface area contributed by atoms with Crippen LogP contribution in [0.1, 0.15) is 29.3 Å². The summed E-state index contributed by atoms with van der Waals surface area (Å²) < 4.78 is 2.80. The van der Waals surface area contributed by atoms with Crippen molar-refractivity contribution in [3.63, 3.8) is 0 Å². The van der Waals surface area contributed by atoms with Gasteiger partial charge in [-0.2, -0.15) is 0 Å². The highest BCUT2D eigenvalue weighted by atomic mass is 16.2. The first-order chi connectivity index (χ1) is 21.7. The van der Waals surface area contributed by atoms with E-state index >= 15 is 0 Å². The lowest BCUT2D eigenvalue weighted by molar-refractivity contribution is -0.113. The summed E-state index contributed by atoms with van der Waals surface area (Å²) in [5.74, 6) is 5.33. The maximum absolute atomic E-state index is 14.0. The van der Waals surface area contributed by atoms with E-state index in [2.05, 4.69) is 39.0 Å². The number of aryl methyl sites for hydroxylation is 1. The first-order valence-electron chi connectivity index (χ1n) is 14.3. The van der Waals surface area contributed by atoms with Gasteiger partial charge in [0.2, 0.25) is 0 Å². The standard InChI is InChI=1S/C33H33N9O3/c1-5-8-22-16-17-35-27(19-22)38-32(44)23-12-14-24(15-13-23)41-29-30(34)36-21-37-31(29)42(33(41)45)26-10-6-9-25(20-26)40(4)28(43)11-7-18-39(2)3/h6,9-10,12-17,19-21H,5,8,18H2,1-4H3,(H2,34,36,37)(H,35,38,44). The van der Waals surface area contributed by atoms with Crippen molar-refractivity contribution in [2.45, 2.75) is 19.8 Å². The van der Waals surface area contributed by atoms with E-state index in [1.807, 2.05) is 31.1 Å². The Morgan fingerprint density at radius 1 is 0.956 bits per heavy atom. The van der Waals surface area contributed by atoms with E-state index in [0.29, 0.717) is 40.5 Å². The molecule has 0 atom stereocenters. The molecule has 2 aromatic carbocycles. The summed E-state index contributed by atoms with van der Waals surface area (Å²) >= 11 is 0. The summed E-state index contributed by atoms with van der Waals surface area (Å²) in [5, 5.41) is 2.83. The minimum absolute atomic E-state index is 0.107. The van der Waals surface area contributed by atoms with Crippen molar-refractivity contribution >= 4 is 40.3 Å². The van der Waals surface area contributed by atoms with Crippen molar-refractivity contribution in [1.29, 1.82) is 0 Å². The third-order valence-electron chi connectivity index (χ3n) is 7.01. The number of hydrogen-bond acceptors (Lipinski definition) is 8. The maximum atomic E-state index is 14.0. The van der Waals surface area contributed by atoms with Crippen LogP contribution in [0.5, 0.6) is 0 Å². The fourth-order valence-corrected chi connectivity index (χ4v) is 4.77. The number of nitrogens with zero attached hydrogens (tertiary/aromatic N) is 7. The zero-order valence-electron chi connectivity index (χ0n) is 25.5. The molecule has 0 spiro atoms. The molecule has 0 saturated heterocycles. The Morgan fingerprint density at radius 2 is 1.73 bits per heavy atom. The predicted molar refractivity (Wildman–Crippen MR) is 175 cm³/mol. The lowest BCUT2D eigenvalue weighted by Gasteiger charge is -2.15. The molecule has 45 heavy (non-hydrogen) atoms. The molecule has 3 heterocycles. The first kappa shape index (κ1) is 30.7. The minimum Gasteiger partial charge on any atom is -0.382 e. The SMILES string of the molecule is CCCc1ccnc(NC(=O)c2ccc(-n3c(=O)n(-c4cccc(N(C)C(=O)C#CCN(C)C)c4)c4ncnc(N)c43)cc2)c1. The van der Waals surface area contributed by atoms with Crippen molar-refractivity contribution in [3.05, 3.63) is 94.8 Å². The second-order valence-corrected chi connectivity index (χ2v) is 10.6. The van der Waals surface area contributed by atoms with E-state index in [1.54, 1.807) is 61.8 Å². The van der Waals surface area contributed by atoms with Crippen molar-refractivity contribution in [1.82, 2.24) is 29.0 Å². The Hall–Kier alpha value is -5.80. The van der Waals surface area contributed by atoms with E-state index in [9.17, 15) is 14.4 Å². The quantitative estimate of drug-likeness (QED) is 0.257. The number of amides is 2. The van der Waals surface area contributed by atoms with Gasteiger partial charge in [0.1, 0.15) is 17.7 Å². The number of carbonyl (C=O) groups excluding carboxylic acids is 2. The number of benzene rings is 2. The van der Waals surface area contributed by atoms with E-state index in [4.69, 9.17) is 5.73 Å². The average molecular weight is 604 g/mol. The lowest BCUT2D eigenvalue weighted by Crippen LogP contribution is -2.26. The molecule has 12 nitrogen and oxygen atoms in total. The van der Waals surface area contributed by atoms with Crippen molar-refractivity contribution in [3.8, 4) is 23.2 Å². The fourth-order valence-electron chi connectivity index (χ4n) is 4.77. The molecule has 0 aliphatic rings. The number of carbonyl (C=O) groups is 2. The predicted octanol–water partition coefficient (Wildman–Crippen LogP) is 3.28. The number of imidazole rings is 1. The molecule has 2 amide bonds. The Kier molecular flexibility index (Phi) is 9.01. The van der Waals surface area contributed by atoms with Crippen molar-refractivity contribution < 1.29 is 9.59 Å². The van der Waals surface area contributed by atoms with Gasteiger partial charge in [0.15, 0.2) is 11.5 Å². The monoisotopic (exact) mass is 603 g/mol. The number of nitrogens with one attached hydrogen (secondary N) is 1. The number of nitrogen functional groups attached to an aromatic ring is 1. The van der Waals surface area contributed by atoms with Crippen LogP contribution in [0.4, 0.5) is 17.3 Å². The molecule has 12 heteroatoms. The van der Waals surface area contributed by atoms with Gasteiger partial charge in [0.05, 0.1) is 17.9 Å². The van der Waals surface area contributed by atoms with Crippen LogP contribution in [-0.2, 0) is 11.2 Å². The first-order valence-corrected chi connectivity index (χ1v) is 14.3. The average Bonchev–Trinajstić information content (AvgIpc) is 3.33. The van der Waals surface area contributed by atoms with Crippen molar-refractivity contribution in [2.24, 2.45) is 0 Å². The van der Waals surface area contributed by atoms with Crippen LogP contribution in [0.25, 0.3) is 22.5 Å². The fraction of sp³-hybridized carbons (Fsp3) is 0.212. The summed E-state index contributed by atoms with van der Waals surface area (Å²) in [6.07, 6.45) is 4.83. The Morgan fingerprint density at radius 3 is 2.47 bits per heavy atom. The number of hydrogen-bond donors (Lipinski definition) is 2. The maximum Gasteiger partial charge on any atom is 0.339 e. The highest BCUT2D eigenvalue weighted by Gasteiger charge is 2.21. The summed E-state index contributed by atoms with van der Waals surface area (Å²) in [7, 11) is 5.36. The Balaban J connectivity index is 1.49. The summed E-state index contributed by atoms with van der Waals surface area (Å²) in [6.45, 7) is 2.54. The molecule has 0 radical (unpaired) electrons. The van der Waals surface area contributed by atoms with E-state index in [-0.39, 0.29) is 23.3 Å². The lowest BCUT2D eigenvalue weighted by atomic mass is 10.1. The molecule has 0 fully saturated rings. The van der Waals surface area contributed by atoms with Crippen LogP contribution < -0.4 is 21.6 Å². The molecule has 3 aromatic heterocycles. The van der Waals surface area contributed by atoms with Gasteiger partial charge in [-0.25, -0.2) is 24.3 Å². The van der Waals surface area contributed by atoms with Gasteiger partial charge >= 0.3 is 11.6 Å². The number of fused-ring (bicyclic) bond motifs is 1. The number of anilines is 3. The third-order valence-corrected chi connectivity index (χ3v) is 7.01. The number of rotatable bonds is 8. The van der Waals surface area contributed by atoms with Gasteiger partial charge in [-0.3, -0.25) is 19.1 Å². The van der Waals surface area contributed by atoms with Crippen molar-refractivity contribution in [2.75, 3.05) is 43.6 Å². The van der Waals surface area contributed by atoms with Crippen LogP contribution in [0.15, 0.2) is 78.0 Å². The molecular formula is C33H33N9O3. The topological polar surface area (TPSA) is 144 Å². The van der Waals surface area contributed by atoms with E-state index in [1.165, 1.54) is 20.4 Å². The smallest absolute Gasteiger partial charge is 0.339 e. The van der Waals surface area contributed by atoms with Gasteiger partial charge in [-0.15, -0.1) is 0 Å². The summed E-state index contributed by atoms with van der Waals surface area (Å²) in [4.78, 5) is 55.7. The number of nitrogens with two attached hydrogens (primary N) is 1. The van der Waals surface area contributed by atoms with Crippen LogP contribution in [-0.4, -0.2) is 68.5 Å². The highest BCUT2D eigenvalue weighted by molar-refractivity contribution is 6.05. The summed E-state index contributed by atoms with van der Waals surface area (Å²) in [6, 6.07) is 17.3. The van der Waals surface area contributed by atoms with Crippen LogP contribution >= 0.6 is 0 Å². The molecule has 0 aliphatic carbocycles. The minimum atomic E-state index is -0.455. The van der Waals surface area contributed by atoms with E-state index in [0.717, 1.165) is 18.4 Å². The molecule has 5 aromatic rings. The molecule has 228 valence electrons. The zero-order chi connectivity index (χ0) is 32.1. The van der Waals surface area contributed by atoms with Gasteiger partial charge in [0, 0.05) is 24.5 Å². The normalized spacial score (nSPS) is 10.9. The van der Waals surface area contributed by atoms with Gasteiger partial charge in [0.25, 0.3) is 5.91 Å². The Bertz CT molecular complexity index is 2000. The van der Waals surface area contributed by atoms with Gasteiger partial charge < -0.3 is 16.0 Å². The van der Waals surface area contributed by atoms with Crippen LogP contribution in [0, 0.1) is 11.8 Å². The second kappa shape index (κ2) is 13.2. The zero-order valence-corrected chi connectivity index (χ0v) is 25.5. The number of aromatic nitrogens is 5. The van der Waals surface area contributed by atoms with Gasteiger partial charge in [-0.1, -0.05) is 25.3 Å². The van der Waals surface area contributed by atoms with Crippen LogP contribution in [0.2, 0.25) is 0 Å². The largest absolute Gasteiger partial charge is 0.382 e. The van der Waals surface area contributed by atoms with Gasteiger partial charge in [-0.05, 0) is 86.6 Å². The molecule has 0 bridgehead atoms. The van der Waals surface area contributed by atoms with E-state index < -0.39 is 5.69 Å². The van der Waals surface area contributed by atoms with Crippen LogP contribution in [0.3, 0.4) is 0 Å². The summed E-state index contributed by atoms with van der Waals surface area (Å²) in [5.41, 5.74) is 9.35. The second-order valence-electron chi connectivity index (χ2n) is 10.6. The molecule has 5 rings (SSSR count). The highest BCUT2D eigenvalue weighted by Crippen LogP contribution is 2.25.